The smallest absolute Gasteiger partial charge is 0.109 e. The average molecular weight is 221 g/mol. The van der Waals surface area contributed by atoms with Crippen molar-refractivity contribution < 1.29 is 5.11 Å². The maximum absolute atomic E-state index is 10.1. The molecule has 0 spiro atoms. The highest BCUT2D eigenvalue weighted by Crippen LogP contribution is 2.40. The summed E-state index contributed by atoms with van der Waals surface area (Å²) in [6, 6.07) is 3.78. The van der Waals surface area contributed by atoms with Crippen molar-refractivity contribution in [3.63, 3.8) is 0 Å². The van der Waals surface area contributed by atoms with Crippen molar-refractivity contribution in [2.24, 2.45) is 0 Å². The molecule has 1 nitrogen and oxygen atoms in total. The summed E-state index contributed by atoms with van der Waals surface area (Å²) < 4.78 is 0.760. The highest BCUT2D eigenvalue weighted by Gasteiger charge is 2.34. The van der Waals surface area contributed by atoms with E-state index in [1.54, 1.807) is 11.8 Å². The monoisotopic (exact) mass is 220 g/mol. The Bertz CT molecular complexity index is 278. The lowest BCUT2D eigenvalue weighted by Gasteiger charge is -2.18. The molecule has 0 aromatic carbocycles. The number of thioether (sulfide) groups is 1. The fraction of sp³-hybridized carbons (Fsp3) is 0.500. The number of thiophene rings is 1. The standard InChI is InChI=1S/C8H9ClOS2/c9-7-2-1-6(12-7)8(10)3-4-11-5-8/h1-2,10H,3-5H2. The summed E-state index contributed by atoms with van der Waals surface area (Å²) in [4.78, 5) is 1.01. The molecule has 1 unspecified atom stereocenters. The van der Waals surface area contributed by atoms with Gasteiger partial charge in [-0.3, -0.25) is 0 Å². The molecule has 12 heavy (non-hydrogen) atoms. The van der Waals surface area contributed by atoms with Gasteiger partial charge < -0.3 is 5.11 Å². The van der Waals surface area contributed by atoms with Gasteiger partial charge in [0.25, 0.3) is 0 Å². The molecule has 66 valence electrons. The molecule has 2 heterocycles. The second kappa shape index (κ2) is 3.22. The Balaban J connectivity index is 2.28. The van der Waals surface area contributed by atoms with E-state index >= 15 is 0 Å². The molecule has 0 bridgehead atoms. The number of halogens is 1. The lowest BCUT2D eigenvalue weighted by Crippen LogP contribution is -2.22. The van der Waals surface area contributed by atoms with Crippen molar-refractivity contribution in [3.05, 3.63) is 21.3 Å². The molecule has 0 aliphatic carbocycles. The summed E-state index contributed by atoms with van der Waals surface area (Å²) >= 11 is 9.09. The number of hydrogen-bond acceptors (Lipinski definition) is 3. The summed E-state index contributed by atoms with van der Waals surface area (Å²) in [7, 11) is 0. The van der Waals surface area contributed by atoms with Crippen LogP contribution in [0.3, 0.4) is 0 Å². The molecule has 0 saturated carbocycles. The molecule has 1 fully saturated rings. The van der Waals surface area contributed by atoms with E-state index in [-0.39, 0.29) is 0 Å². The second-order valence-electron chi connectivity index (χ2n) is 2.94. The van der Waals surface area contributed by atoms with Crippen molar-refractivity contribution in [1.29, 1.82) is 0 Å². The van der Waals surface area contributed by atoms with Crippen LogP contribution < -0.4 is 0 Å². The number of rotatable bonds is 1. The van der Waals surface area contributed by atoms with Gasteiger partial charge in [-0.1, -0.05) is 11.6 Å². The van der Waals surface area contributed by atoms with Crippen LogP contribution in [-0.4, -0.2) is 16.6 Å². The molecule has 1 aliphatic heterocycles. The van der Waals surface area contributed by atoms with E-state index in [1.807, 2.05) is 12.1 Å². The molecule has 1 atom stereocenters. The van der Waals surface area contributed by atoms with Gasteiger partial charge in [0, 0.05) is 10.6 Å². The molecule has 1 aromatic rings. The van der Waals surface area contributed by atoms with E-state index in [0.29, 0.717) is 0 Å². The lowest BCUT2D eigenvalue weighted by atomic mass is 10.0. The first kappa shape index (κ1) is 8.88. The molecule has 4 heteroatoms. The van der Waals surface area contributed by atoms with Crippen molar-refractivity contribution in [3.8, 4) is 0 Å². The average Bonchev–Trinajstić information content (AvgIpc) is 2.59. The Morgan fingerprint density at radius 2 is 2.33 bits per heavy atom. The first-order valence-corrected chi connectivity index (χ1v) is 6.12. The van der Waals surface area contributed by atoms with Crippen molar-refractivity contribution >= 4 is 34.7 Å². The summed E-state index contributed by atoms with van der Waals surface area (Å²) in [6.07, 6.45) is 0.856. The van der Waals surface area contributed by atoms with Gasteiger partial charge in [-0.25, -0.2) is 0 Å². The predicted molar refractivity (Wildman–Crippen MR) is 55.2 cm³/mol. The third kappa shape index (κ3) is 1.51. The Kier molecular flexibility index (Phi) is 2.38. The minimum Gasteiger partial charge on any atom is -0.383 e. The fourth-order valence-corrected chi connectivity index (χ4v) is 3.83. The van der Waals surface area contributed by atoms with Crippen LogP contribution in [0.1, 0.15) is 11.3 Å². The minimum atomic E-state index is -0.595. The first-order chi connectivity index (χ1) is 5.71. The van der Waals surface area contributed by atoms with E-state index in [9.17, 15) is 5.11 Å². The summed E-state index contributed by atoms with van der Waals surface area (Å²) in [5.74, 6) is 1.86. The fourth-order valence-electron chi connectivity index (χ4n) is 1.31. The molecule has 1 N–H and O–H groups in total. The normalized spacial score (nSPS) is 29.5. The van der Waals surface area contributed by atoms with E-state index in [0.717, 1.165) is 27.1 Å². The summed E-state index contributed by atoms with van der Waals surface area (Å²) in [5, 5.41) is 10.1. The minimum absolute atomic E-state index is 0.595. The van der Waals surface area contributed by atoms with Crippen LogP contribution in [0.25, 0.3) is 0 Å². The molecule has 1 aromatic heterocycles. The van der Waals surface area contributed by atoms with Crippen LogP contribution in [-0.2, 0) is 5.60 Å². The molecular formula is C8H9ClOS2. The van der Waals surface area contributed by atoms with E-state index in [1.165, 1.54) is 11.3 Å². The Hall–Kier alpha value is 0.300. The molecule has 1 aliphatic rings. The second-order valence-corrected chi connectivity index (χ2v) is 5.76. The molecule has 0 radical (unpaired) electrons. The predicted octanol–water partition coefficient (Wildman–Crippen LogP) is 2.73. The Labute approximate surface area is 84.7 Å². The maximum Gasteiger partial charge on any atom is 0.109 e. The Morgan fingerprint density at radius 3 is 2.83 bits per heavy atom. The van der Waals surface area contributed by atoms with Gasteiger partial charge in [-0.2, -0.15) is 11.8 Å². The van der Waals surface area contributed by atoms with Gasteiger partial charge in [-0.05, 0) is 24.3 Å². The van der Waals surface area contributed by atoms with Gasteiger partial charge in [0.15, 0.2) is 0 Å². The van der Waals surface area contributed by atoms with Gasteiger partial charge >= 0.3 is 0 Å². The molecular weight excluding hydrogens is 212 g/mol. The quantitative estimate of drug-likeness (QED) is 0.786. The number of aliphatic hydroxyl groups is 1. The van der Waals surface area contributed by atoms with Gasteiger partial charge in [-0.15, -0.1) is 11.3 Å². The van der Waals surface area contributed by atoms with Crippen LogP contribution in [0.15, 0.2) is 12.1 Å². The number of hydrogen-bond donors (Lipinski definition) is 1. The highest BCUT2D eigenvalue weighted by molar-refractivity contribution is 7.99. The van der Waals surface area contributed by atoms with Crippen LogP contribution in [0, 0.1) is 0 Å². The molecule has 1 saturated heterocycles. The maximum atomic E-state index is 10.1. The topological polar surface area (TPSA) is 20.2 Å². The van der Waals surface area contributed by atoms with Crippen molar-refractivity contribution in [2.75, 3.05) is 11.5 Å². The third-order valence-corrected chi connectivity index (χ3v) is 4.63. The molecule has 0 amide bonds. The van der Waals surface area contributed by atoms with Gasteiger partial charge in [0.2, 0.25) is 0 Å². The van der Waals surface area contributed by atoms with E-state index < -0.39 is 5.60 Å². The Morgan fingerprint density at radius 1 is 1.50 bits per heavy atom. The van der Waals surface area contributed by atoms with Crippen LogP contribution >= 0.6 is 34.7 Å². The third-order valence-electron chi connectivity index (χ3n) is 2.03. The zero-order valence-electron chi connectivity index (χ0n) is 6.42. The van der Waals surface area contributed by atoms with Crippen LogP contribution in [0.2, 0.25) is 4.34 Å². The first-order valence-electron chi connectivity index (χ1n) is 3.77. The van der Waals surface area contributed by atoms with Crippen LogP contribution in [0.5, 0.6) is 0 Å². The summed E-state index contributed by atoms with van der Waals surface area (Å²) in [5.41, 5.74) is -0.595. The van der Waals surface area contributed by atoms with Crippen molar-refractivity contribution in [2.45, 2.75) is 12.0 Å². The molecule has 2 rings (SSSR count). The van der Waals surface area contributed by atoms with Crippen molar-refractivity contribution in [1.82, 2.24) is 0 Å². The van der Waals surface area contributed by atoms with E-state index in [2.05, 4.69) is 0 Å². The highest BCUT2D eigenvalue weighted by atomic mass is 35.5. The zero-order valence-corrected chi connectivity index (χ0v) is 8.81. The van der Waals surface area contributed by atoms with Gasteiger partial charge in [0.05, 0.1) is 4.34 Å². The largest absolute Gasteiger partial charge is 0.383 e. The van der Waals surface area contributed by atoms with Crippen LogP contribution in [0.4, 0.5) is 0 Å². The van der Waals surface area contributed by atoms with Gasteiger partial charge in [0.1, 0.15) is 5.60 Å². The van der Waals surface area contributed by atoms with E-state index in [4.69, 9.17) is 11.6 Å². The SMILES string of the molecule is OC1(c2ccc(Cl)s2)CCSC1. The zero-order chi connectivity index (χ0) is 8.60. The lowest BCUT2D eigenvalue weighted by molar-refractivity contribution is 0.0697. The summed E-state index contributed by atoms with van der Waals surface area (Å²) in [6.45, 7) is 0.